The molecule has 3 nitrogen and oxygen atoms in total. The molecule has 0 radical (unpaired) electrons. The summed E-state index contributed by atoms with van der Waals surface area (Å²) in [6.45, 7) is 1.95. The molecule has 2 aromatic carbocycles. The summed E-state index contributed by atoms with van der Waals surface area (Å²) in [4.78, 5) is 4.41. The van der Waals surface area contributed by atoms with Gasteiger partial charge >= 0.3 is 0 Å². The molecule has 0 amide bonds. The molecule has 0 fully saturated rings. The highest BCUT2D eigenvalue weighted by atomic mass is 35.5. The number of halogens is 1. The number of nitrogens with zero attached hydrogens (tertiary/aromatic N) is 1. The largest absolute Gasteiger partial charge is 0.434 e. The first-order chi connectivity index (χ1) is 8.66. The quantitative estimate of drug-likeness (QED) is 0.670. The van der Waals surface area contributed by atoms with Crippen molar-refractivity contribution in [2.45, 2.75) is 6.92 Å². The molecule has 0 saturated carbocycles. The number of aryl methyl sites for hydroxylation is 1. The minimum atomic E-state index is 0.499. The van der Waals surface area contributed by atoms with Crippen molar-refractivity contribution in [2.75, 3.05) is 5.73 Å². The molecule has 3 aromatic rings. The van der Waals surface area contributed by atoms with Crippen LogP contribution < -0.4 is 5.73 Å². The Hall–Kier alpha value is -2.00. The van der Waals surface area contributed by atoms with E-state index < -0.39 is 0 Å². The van der Waals surface area contributed by atoms with E-state index in [0.717, 1.165) is 16.6 Å². The Labute approximate surface area is 109 Å². The predicted octanol–water partition coefficient (Wildman–Crippen LogP) is 4.04. The minimum absolute atomic E-state index is 0.499. The van der Waals surface area contributed by atoms with Gasteiger partial charge in [-0.15, -0.1) is 0 Å². The highest BCUT2D eigenvalue weighted by Gasteiger charge is 2.13. The molecule has 18 heavy (non-hydrogen) atoms. The number of hydrogen-bond acceptors (Lipinski definition) is 3. The summed E-state index contributed by atoms with van der Waals surface area (Å²) in [5.74, 6) is 0.499. The second kappa shape index (κ2) is 4.03. The lowest BCUT2D eigenvalue weighted by atomic mass is 10.1. The summed E-state index contributed by atoms with van der Waals surface area (Å²) in [6, 6.07) is 11.3. The molecule has 0 aliphatic heterocycles. The van der Waals surface area contributed by atoms with Gasteiger partial charge in [0.1, 0.15) is 5.52 Å². The molecular weight excluding hydrogens is 248 g/mol. The van der Waals surface area contributed by atoms with E-state index >= 15 is 0 Å². The summed E-state index contributed by atoms with van der Waals surface area (Å²) in [5, 5.41) is 0.553. The van der Waals surface area contributed by atoms with Crippen LogP contribution in [0.1, 0.15) is 5.56 Å². The number of rotatable bonds is 1. The first-order valence-corrected chi connectivity index (χ1v) is 5.95. The number of hydrogen-bond donors (Lipinski definition) is 1. The van der Waals surface area contributed by atoms with Crippen molar-refractivity contribution in [3.05, 3.63) is 47.0 Å². The molecule has 2 N–H and O–H groups in total. The molecule has 3 rings (SSSR count). The molecule has 0 aliphatic carbocycles. The van der Waals surface area contributed by atoms with Crippen LogP contribution in [0.4, 0.5) is 5.69 Å². The highest BCUT2D eigenvalue weighted by molar-refractivity contribution is 6.34. The van der Waals surface area contributed by atoms with Gasteiger partial charge in [-0.05, 0) is 30.7 Å². The number of nitrogen functional groups attached to an aromatic ring is 1. The smallest absolute Gasteiger partial charge is 0.229 e. The fourth-order valence-corrected chi connectivity index (χ4v) is 2.11. The van der Waals surface area contributed by atoms with Crippen LogP contribution in [0.2, 0.25) is 5.02 Å². The number of anilines is 1. The van der Waals surface area contributed by atoms with Crippen LogP contribution in [0.3, 0.4) is 0 Å². The van der Waals surface area contributed by atoms with Crippen LogP contribution in [0.5, 0.6) is 0 Å². The van der Waals surface area contributed by atoms with Crippen molar-refractivity contribution < 1.29 is 4.42 Å². The van der Waals surface area contributed by atoms with Gasteiger partial charge in [-0.1, -0.05) is 29.8 Å². The van der Waals surface area contributed by atoms with Crippen LogP contribution >= 0.6 is 11.6 Å². The van der Waals surface area contributed by atoms with Crippen molar-refractivity contribution in [3.8, 4) is 11.5 Å². The van der Waals surface area contributed by atoms with Crippen molar-refractivity contribution in [1.29, 1.82) is 0 Å². The van der Waals surface area contributed by atoms with Crippen LogP contribution in [0, 0.1) is 6.92 Å². The molecule has 0 saturated heterocycles. The Morgan fingerprint density at radius 3 is 2.72 bits per heavy atom. The number of nitrogens with two attached hydrogens (primary N) is 1. The van der Waals surface area contributed by atoms with Gasteiger partial charge in [0.05, 0.1) is 10.6 Å². The van der Waals surface area contributed by atoms with E-state index in [4.69, 9.17) is 21.8 Å². The number of fused-ring (bicyclic) bond motifs is 1. The fraction of sp³-hybridized carbons (Fsp3) is 0.0714. The Morgan fingerprint density at radius 1 is 1.17 bits per heavy atom. The Kier molecular flexibility index (Phi) is 2.49. The summed E-state index contributed by atoms with van der Waals surface area (Å²) < 4.78 is 5.70. The van der Waals surface area contributed by atoms with Gasteiger partial charge in [0.2, 0.25) is 5.89 Å². The molecule has 0 unspecified atom stereocenters. The average Bonchev–Trinajstić information content (AvgIpc) is 2.78. The average molecular weight is 259 g/mol. The van der Waals surface area contributed by atoms with E-state index in [1.54, 1.807) is 6.07 Å². The van der Waals surface area contributed by atoms with Crippen molar-refractivity contribution in [3.63, 3.8) is 0 Å². The lowest BCUT2D eigenvalue weighted by molar-refractivity contribution is 0.620. The SMILES string of the molecule is Cc1cccc(-c2nc3cccc(Cl)c3o2)c1N. The number of oxazole rings is 1. The molecule has 90 valence electrons. The number of para-hydroxylation sites is 2. The maximum Gasteiger partial charge on any atom is 0.229 e. The van der Waals surface area contributed by atoms with Gasteiger partial charge in [0.15, 0.2) is 5.58 Å². The van der Waals surface area contributed by atoms with Gasteiger partial charge in [-0.3, -0.25) is 0 Å². The van der Waals surface area contributed by atoms with E-state index in [-0.39, 0.29) is 0 Å². The monoisotopic (exact) mass is 258 g/mol. The van der Waals surface area contributed by atoms with Gasteiger partial charge in [-0.25, -0.2) is 4.98 Å². The van der Waals surface area contributed by atoms with Crippen molar-refractivity contribution in [2.24, 2.45) is 0 Å². The topological polar surface area (TPSA) is 52.0 Å². The second-order valence-corrected chi connectivity index (χ2v) is 4.55. The van der Waals surface area contributed by atoms with Crippen molar-refractivity contribution >= 4 is 28.4 Å². The zero-order chi connectivity index (χ0) is 12.7. The van der Waals surface area contributed by atoms with Crippen molar-refractivity contribution in [1.82, 2.24) is 4.98 Å². The van der Waals surface area contributed by atoms with E-state index in [2.05, 4.69) is 4.98 Å². The zero-order valence-corrected chi connectivity index (χ0v) is 10.5. The highest BCUT2D eigenvalue weighted by Crippen LogP contribution is 2.32. The lowest BCUT2D eigenvalue weighted by Crippen LogP contribution is -1.93. The van der Waals surface area contributed by atoms with E-state index in [0.29, 0.717) is 22.2 Å². The van der Waals surface area contributed by atoms with E-state index in [9.17, 15) is 0 Å². The Bertz CT molecular complexity index is 734. The van der Waals surface area contributed by atoms with Gasteiger partial charge in [0.25, 0.3) is 0 Å². The molecule has 0 bridgehead atoms. The Balaban J connectivity index is 2.26. The van der Waals surface area contributed by atoms with Gasteiger partial charge in [-0.2, -0.15) is 0 Å². The number of benzene rings is 2. The van der Waals surface area contributed by atoms with Gasteiger partial charge in [0, 0.05) is 5.69 Å². The Morgan fingerprint density at radius 2 is 1.94 bits per heavy atom. The van der Waals surface area contributed by atoms with Crippen LogP contribution in [0.25, 0.3) is 22.6 Å². The number of aromatic nitrogens is 1. The molecule has 0 atom stereocenters. The van der Waals surface area contributed by atoms with Gasteiger partial charge < -0.3 is 10.2 Å². The normalized spacial score (nSPS) is 11.0. The predicted molar refractivity (Wildman–Crippen MR) is 73.6 cm³/mol. The van der Waals surface area contributed by atoms with Crippen LogP contribution in [-0.2, 0) is 0 Å². The summed E-state index contributed by atoms with van der Waals surface area (Å²) >= 11 is 6.06. The van der Waals surface area contributed by atoms with Crippen LogP contribution in [0.15, 0.2) is 40.8 Å². The summed E-state index contributed by atoms with van der Waals surface area (Å²) in [7, 11) is 0. The molecule has 1 heterocycles. The molecular formula is C14H11ClN2O. The third-order valence-electron chi connectivity index (χ3n) is 2.92. The summed E-state index contributed by atoms with van der Waals surface area (Å²) in [5.41, 5.74) is 9.84. The molecule has 0 spiro atoms. The minimum Gasteiger partial charge on any atom is -0.434 e. The lowest BCUT2D eigenvalue weighted by Gasteiger charge is -2.03. The maximum absolute atomic E-state index is 6.06. The summed E-state index contributed by atoms with van der Waals surface area (Å²) in [6.07, 6.45) is 0. The standard InChI is InChI=1S/C14H11ClN2O/c1-8-4-2-5-9(12(8)16)14-17-11-7-3-6-10(15)13(11)18-14/h2-7H,16H2,1H3. The molecule has 4 heteroatoms. The third-order valence-corrected chi connectivity index (χ3v) is 3.22. The zero-order valence-electron chi connectivity index (χ0n) is 9.77. The maximum atomic E-state index is 6.06. The first kappa shape index (κ1) is 11.1. The van der Waals surface area contributed by atoms with Crippen LogP contribution in [-0.4, -0.2) is 4.98 Å². The first-order valence-electron chi connectivity index (χ1n) is 5.57. The van der Waals surface area contributed by atoms with E-state index in [1.165, 1.54) is 0 Å². The molecule has 1 aromatic heterocycles. The molecule has 0 aliphatic rings. The third kappa shape index (κ3) is 1.64. The van der Waals surface area contributed by atoms with E-state index in [1.807, 2.05) is 37.3 Å². The second-order valence-electron chi connectivity index (χ2n) is 4.14. The fourth-order valence-electron chi connectivity index (χ4n) is 1.90.